The van der Waals surface area contributed by atoms with Gasteiger partial charge in [-0.25, -0.2) is 13.1 Å². The van der Waals surface area contributed by atoms with Crippen LogP contribution in [0.5, 0.6) is 0 Å². The summed E-state index contributed by atoms with van der Waals surface area (Å²) in [5.41, 5.74) is 1.75. The maximum Gasteiger partial charge on any atom is 0.373 e. The van der Waals surface area contributed by atoms with Crippen molar-refractivity contribution in [1.29, 1.82) is 0 Å². The third-order valence-corrected chi connectivity index (χ3v) is 5.47. The summed E-state index contributed by atoms with van der Waals surface area (Å²) in [5.74, 6) is 0.367. The van der Waals surface area contributed by atoms with Crippen molar-refractivity contribution in [3.05, 3.63) is 35.4 Å². The standard InChI is InChI=1S/C16H24N2O3S.CO2/c1-12(2)10-13-4-3-5-14(11-13)16(19)17-8-9-18-22(20,21)15-6-7-15;2-1-3/h3-5,11-12,15,18H,6-10H2,1-2H3,(H,17,19);. The zero-order valence-corrected chi connectivity index (χ0v) is 15.3. The Labute approximate surface area is 148 Å². The van der Waals surface area contributed by atoms with E-state index in [0.29, 0.717) is 18.0 Å². The van der Waals surface area contributed by atoms with Crippen molar-refractivity contribution in [1.82, 2.24) is 10.0 Å². The smallest absolute Gasteiger partial charge is 0.351 e. The Morgan fingerprint density at radius 3 is 2.44 bits per heavy atom. The highest BCUT2D eigenvalue weighted by atomic mass is 32.2. The van der Waals surface area contributed by atoms with Gasteiger partial charge < -0.3 is 5.32 Å². The van der Waals surface area contributed by atoms with E-state index < -0.39 is 10.0 Å². The van der Waals surface area contributed by atoms with Crippen molar-refractivity contribution in [2.45, 2.75) is 38.4 Å². The van der Waals surface area contributed by atoms with Crippen LogP contribution >= 0.6 is 0 Å². The summed E-state index contributed by atoms with van der Waals surface area (Å²) in [6.45, 7) is 4.80. The van der Waals surface area contributed by atoms with E-state index in [-0.39, 0.29) is 23.9 Å². The van der Waals surface area contributed by atoms with Crippen LogP contribution in [-0.4, -0.2) is 38.8 Å². The first kappa shape index (κ1) is 21.0. The van der Waals surface area contributed by atoms with Crippen LogP contribution in [0.2, 0.25) is 0 Å². The van der Waals surface area contributed by atoms with Crippen molar-refractivity contribution >= 4 is 22.1 Å². The topological polar surface area (TPSA) is 109 Å². The SMILES string of the molecule is CC(C)Cc1cccc(C(=O)NCCNS(=O)(=O)C2CC2)c1.O=C=O. The summed E-state index contributed by atoms with van der Waals surface area (Å²) in [6.07, 6.45) is 2.66. The zero-order chi connectivity index (χ0) is 18.9. The Kier molecular flexibility index (Phi) is 8.48. The van der Waals surface area contributed by atoms with Crippen LogP contribution in [0.15, 0.2) is 24.3 Å². The highest BCUT2D eigenvalue weighted by Crippen LogP contribution is 2.27. The average Bonchev–Trinajstić information content (AvgIpc) is 3.37. The van der Waals surface area contributed by atoms with E-state index >= 15 is 0 Å². The van der Waals surface area contributed by atoms with Crippen LogP contribution in [0.4, 0.5) is 0 Å². The number of carbonyl (C=O) groups is 1. The summed E-state index contributed by atoms with van der Waals surface area (Å²) >= 11 is 0. The van der Waals surface area contributed by atoms with E-state index in [2.05, 4.69) is 23.9 Å². The fourth-order valence-corrected chi connectivity index (χ4v) is 3.66. The molecule has 8 heteroatoms. The van der Waals surface area contributed by atoms with E-state index in [9.17, 15) is 13.2 Å². The van der Waals surface area contributed by atoms with Gasteiger partial charge in [0.1, 0.15) is 0 Å². The van der Waals surface area contributed by atoms with Crippen LogP contribution in [0, 0.1) is 5.92 Å². The highest BCUT2D eigenvalue weighted by molar-refractivity contribution is 7.90. The summed E-state index contributed by atoms with van der Waals surface area (Å²) in [7, 11) is -3.17. The van der Waals surface area contributed by atoms with Crippen LogP contribution < -0.4 is 10.0 Å². The van der Waals surface area contributed by atoms with Gasteiger partial charge in [0.05, 0.1) is 5.25 Å². The van der Waals surface area contributed by atoms with Crippen molar-refractivity contribution < 1.29 is 22.8 Å². The normalized spacial score (nSPS) is 13.6. The Morgan fingerprint density at radius 2 is 1.88 bits per heavy atom. The van der Waals surface area contributed by atoms with Crippen molar-refractivity contribution in [2.75, 3.05) is 13.1 Å². The van der Waals surface area contributed by atoms with Gasteiger partial charge in [-0.2, -0.15) is 9.59 Å². The summed E-state index contributed by atoms with van der Waals surface area (Å²) < 4.78 is 25.8. The van der Waals surface area contributed by atoms with Gasteiger partial charge in [-0.1, -0.05) is 26.0 Å². The molecule has 0 atom stereocenters. The highest BCUT2D eigenvalue weighted by Gasteiger charge is 2.35. The lowest BCUT2D eigenvalue weighted by Crippen LogP contribution is -2.36. The van der Waals surface area contributed by atoms with Gasteiger partial charge in [0.2, 0.25) is 10.0 Å². The lowest BCUT2D eigenvalue weighted by molar-refractivity contribution is -0.191. The van der Waals surface area contributed by atoms with Crippen molar-refractivity contribution in [3.63, 3.8) is 0 Å². The number of sulfonamides is 1. The molecular formula is C17H24N2O5S. The average molecular weight is 368 g/mol. The van der Waals surface area contributed by atoms with Crippen LogP contribution in [0.25, 0.3) is 0 Å². The van der Waals surface area contributed by atoms with Gasteiger partial charge in [-0.3, -0.25) is 4.79 Å². The molecule has 1 aliphatic rings. The van der Waals surface area contributed by atoms with E-state index in [0.717, 1.165) is 24.8 Å². The molecule has 1 aromatic carbocycles. The lowest BCUT2D eigenvalue weighted by Gasteiger charge is -2.09. The van der Waals surface area contributed by atoms with Crippen LogP contribution in [0.3, 0.4) is 0 Å². The molecule has 1 aliphatic carbocycles. The summed E-state index contributed by atoms with van der Waals surface area (Å²) in [4.78, 5) is 28.3. The number of hydrogen-bond acceptors (Lipinski definition) is 5. The predicted molar refractivity (Wildman–Crippen MR) is 92.3 cm³/mol. The molecule has 0 radical (unpaired) electrons. The van der Waals surface area contributed by atoms with Crippen LogP contribution in [-0.2, 0) is 26.0 Å². The molecule has 2 N–H and O–H groups in total. The predicted octanol–water partition coefficient (Wildman–Crippen LogP) is 1.11. The van der Waals surface area contributed by atoms with Gasteiger partial charge in [0, 0.05) is 18.7 Å². The Hall–Kier alpha value is -2.02. The second-order valence-corrected chi connectivity index (χ2v) is 8.32. The Morgan fingerprint density at radius 1 is 1.24 bits per heavy atom. The molecule has 0 aliphatic heterocycles. The van der Waals surface area contributed by atoms with E-state index in [1.807, 2.05) is 18.2 Å². The van der Waals surface area contributed by atoms with E-state index in [1.165, 1.54) is 0 Å². The largest absolute Gasteiger partial charge is 0.373 e. The molecule has 0 unspecified atom stereocenters. The fourth-order valence-electron chi connectivity index (χ4n) is 2.28. The molecule has 7 nitrogen and oxygen atoms in total. The molecular weight excluding hydrogens is 344 g/mol. The van der Waals surface area contributed by atoms with E-state index in [4.69, 9.17) is 9.59 Å². The number of carbonyl (C=O) groups excluding carboxylic acids is 3. The van der Waals surface area contributed by atoms with Crippen molar-refractivity contribution in [2.24, 2.45) is 5.92 Å². The third-order valence-electron chi connectivity index (χ3n) is 3.51. The number of hydrogen-bond donors (Lipinski definition) is 2. The number of rotatable bonds is 8. The molecule has 1 fully saturated rings. The molecule has 1 aromatic rings. The van der Waals surface area contributed by atoms with E-state index in [1.54, 1.807) is 6.07 Å². The quantitative estimate of drug-likeness (QED) is 0.668. The second kappa shape index (κ2) is 10.1. The molecule has 0 spiro atoms. The fraction of sp³-hybridized carbons (Fsp3) is 0.529. The maximum atomic E-state index is 12.1. The molecule has 25 heavy (non-hydrogen) atoms. The Bertz CT molecular complexity index is 706. The van der Waals surface area contributed by atoms with Gasteiger partial charge in [-0.05, 0) is 42.9 Å². The first-order chi connectivity index (χ1) is 11.8. The molecule has 2 rings (SSSR count). The molecule has 0 aromatic heterocycles. The molecule has 138 valence electrons. The number of benzene rings is 1. The molecule has 1 amide bonds. The first-order valence-corrected chi connectivity index (χ1v) is 9.69. The first-order valence-electron chi connectivity index (χ1n) is 8.15. The number of amides is 1. The monoisotopic (exact) mass is 368 g/mol. The third kappa shape index (κ3) is 8.07. The lowest BCUT2D eigenvalue weighted by atomic mass is 10.0. The minimum absolute atomic E-state index is 0.170. The molecule has 0 saturated heterocycles. The zero-order valence-electron chi connectivity index (χ0n) is 14.4. The minimum Gasteiger partial charge on any atom is -0.351 e. The summed E-state index contributed by atoms with van der Waals surface area (Å²) in [5, 5.41) is 2.52. The molecule has 1 saturated carbocycles. The summed E-state index contributed by atoms with van der Waals surface area (Å²) in [6, 6.07) is 7.56. The molecule has 0 bridgehead atoms. The number of nitrogens with one attached hydrogen (secondary N) is 2. The van der Waals surface area contributed by atoms with Gasteiger partial charge in [0.25, 0.3) is 5.91 Å². The van der Waals surface area contributed by atoms with Gasteiger partial charge in [0.15, 0.2) is 0 Å². The van der Waals surface area contributed by atoms with Gasteiger partial charge >= 0.3 is 6.15 Å². The van der Waals surface area contributed by atoms with Gasteiger partial charge in [-0.15, -0.1) is 0 Å². The molecule has 0 heterocycles. The minimum atomic E-state index is -3.17. The van der Waals surface area contributed by atoms with Crippen LogP contribution in [0.1, 0.15) is 42.6 Å². The second-order valence-electron chi connectivity index (χ2n) is 6.28. The van der Waals surface area contributed by atoms with Crippen molar-refractivity contribution in [3.8, 4) is 0 Å². The maximum absolute atomic E-state index is 12.1. The Balaban J connectivity index is 0.000000970.